The van der Waals surface area contributed by atoms with Gasteiger partial charge in [0.2, 0.25) is 17.0 Å². The van der Waals surface area contributed by atoms with Crippen LogP contribution in [0.25, 0.3) is 0 Å². The smallest absolute Gasteiger partial charge is 0.419 e. The third-order valence-electron chi connectivity index (χ3n) is 6.69. The SMILES string of the molecule is CCCCCCCCCCCCCCOc1c(O)ccc(O[PH](=O)Oc2cccc(C[n+]3ccsc3)c2)c1OC. The summed E-state index contributed by atoms with van der Waals surface area (Å²) in [6, 6.07) is 10.4. The van der Waals surface area contributed by atoms with Crippen molar-refractivity contribution >= 4 is 19.6 Å². The van der Waals surface area contributed by atoms with Gasteiger partial charge >= 0.3 is 8.25 Å². The highest BCUT2D eigenvalue weighted by Crippen LogP contribution is 2.46. The highest BCUT2D eigenvalue weighted by molar-refractivity contribution is 7.34. The monoisotopic (exact) mass is 590 g/mol. The maximum atomic E-state index is 12.7. The van der Waals surface area contributed by atoms with Gasteiger partial charge in [-0.2, -0.15) is 4.57 Å². The van der Waals surface area contributed by atoms with Crippen molar-refractivity contribution in [1.29, 1.82) is 0 Å². The number of hydrogen-bond acceptors (Lipinski definition) is 7. The van der Waals surface area contributed by atoms with Crippen LogP contribution in [0.3, 0.4) is 0 Å². The van der Waals surface area contributed by atoms with E-state index in [9.17, 15) is 9.67 Å². The quantitative estimate of drug-likeness (QED) is 0.0759. The summed E-state index contributed by atoms with van der Waals surface area (Å²) < 4.78 is 37.3. The molecule has 1 atom stereocenters. The van der Waals surface area contributed by atoms with Gasteiger partial charge in [-0.1, -0.05) is 101 Å². The van der Waals surface area contributed by atoms with E-state index in [4.69, 9.17) is 18.5 Å². The van der Waals surface area contributed by atoms with Crippen molar-refractivity contribution in [1.82, 2.24) is 0 Å². The Balaban J connectivity index is 1.41. The van der Waals surface area contributed by atoms with Crippen molar-refractivity contribution in [2.45, 2.75) is 90.5 Å². The minimum Gasteiger partial charge on any atom is -0.504 e. The number of hydrogen-bond donors (Lipinski definition) is 1. The number of phenolic OH excluding ortho intramolecular Hbond substituents is 1. The summed E-state index contributed by atoms with van der Waals surface area (Å²) in [5.74, 6) is 0.982. The summed E-state index contributed by atoms with van der Waals surface area (Å²) in [6.45, 7) is 3.39. The van der Waals surface area contributed by atoms with Gasteiger partial charge in [-0.3, -0.25) is 0 Å². The molecule has 2 aromatic carbocycles. The molecule has 3 aromatic rings. The molecule has 40 heavy (non-hydrogen) atoms. The molecule has 0 saturated carbocycles. The zero-order valence-corrected chi connectivity index (χ0v) is 25.8. The molecule has 9 heteroatoms. The second-order valence-electron chi connectivity index (χ2n) is 9.98. The minimum absolute atomic E-state index is 0.0534. The molecule has 0 aliphatic carbocycles. The summed E-state index contributed by atoms with van der Waals surface area (Å²) >= 11 is 1.62. The molecule has 0 spiro atoms. The number of methoxy groups -OCH3 is 1. The van der Waals surface area contributed by atoms with Crippen molar-refractivity contribution in [2.24, 2.45) is 0 Å². The van der Waals surface area contributed by atoms with Crippen LogP contribution in [-0.4, -0.2) is 18.8 Å². The van der Waals surface area contributed by atoms with Crippen LogP contribution in [0, 0.1) is 0 Å². The van der Waals surface area contributed by atoms with Crippen LogP contribution < -0.4 is 23.1 Å². The Morgan fingerprint density at radius 3 is 2.23 bits per heavy atom. The molecule has 0 radical (unpaired) electrons. The van der Waals surface area contributed by atoms with E-state index in [1.807, 2.05) is 35.3 Å². The fourth-order valence-electron chi connectivity index (χ4n) is 4.54. The van der Waals surface area contributed by atoms with Crippen LogP contribution in [0.2, 0.25) is 0 Å². The molecular formula is C31H45NO6PS+. The zero-order valence-electron chi connectivity index (χ0n) is 23.9. The Labute approximate surface area is 244 Å². The van der Waals surface area contributed by atoms with Gasteiger partial charge in [0.05, 0.1) is 19.1 Å². The molecule has 1 aromatic heterocycles. The van der Waals surface area contributed by atoms with Crippen molar-refractivity contribution in [2.75, 3.05) is 13.7 Å². The lowest BCUT2D eigenvalue weighted by Crippen LogP contribution is -2.30. The van der Waals surface area contributed by atoms with Crippen LogP contribution in [0.4, 0.5) is 0 Å². The topological polar surface area (TPSA) is 78.1 Å². The van der Waals surface area contributed by atoms with E-state index in [0.717, 1.165) is 18.4 Å². The molecule has 1 unspecified atom stereocenters. The Morgan fingerprint density at radius 1 is 0.875 bits per heavy atom. The third-order valence-corrected chi connectivity index (χ3v) is 8.15. The number of aromatic nitrogens is 1. The second-order valence-corrected chi connectivity index (χ2v) is 11.6. The van der Waals surface area contributed by atoms with E-state index >= 15 is 0 Å². The summed E-state index contributed by atoms with van der Waals surface area (Å²) in [7, 11) is -1.49. The largest absolute Gasteiger partial charge is 0.504 e. The van der Waals surface area contributed by atoms with Crippen molar-refractivity contribution in [3.63, 3.8) is 0 Å². The summed E-state index contributed by atoms with van der Waals surface area (Å²) in [4.78, 5) is 0. The first-order valence-corrected chi connectivity index (χ1v) is 16.7. The van der Waals surface area contributed by atoms with Crippen molar-refractivity contribution < 1.29 is 32.8 Å². The first kappa shape index (κ1) is 31.8. The fraction of sp³-hybridized carbons (Fsp3) is 0.516. The van der Waals surface area contributed by atoms with Gasteiger partial charge < -0.3 is 23.6 Å². The lowest BCUT2D eigenvalue weighted by molar-refractivity contribution is -0.683. The summed E-state index contributed by atoms with van der Waals surface area (Å²) in [6.07, 6.45) is 17.1. The van der Waals surface area contributed by atoms with Gasteiger partial charge in [0.1, 0.15) is 5.75 Å². The van der Waals surface area contributed by atoms with E-state index in [1.54, 1.807) is 17.4 Å². The Hall–Kier alpha value is -2.70. The van der Waals surface area contributed by atoms with Gasteiger partial charge in [0.15, 0.2) is 24.2 Å². The number of nitrogens with zero attached hydrogens (tertiary/aromatic N) is 1. The van der Waals surface area contributed by atoms with Crippen molar-refractivity contribution in [3.8, 4) is 28.7 Å². The molecule has 0 saturated heterocycles. The molecule has 1 N–H and O–H groups in total. The maximum absolute atomic E-state index is 12.7. The summed E-state index contributed by atoms with van der Waals surface area (Å²) in [5, 5.41) is 12.4. The number of rotatable bonds is 21. The highest BCUT2D eigenvalue weighted by Gasteiger charge is 2.19. The molecule has 3 rings (SSSR count). The number of ether oxygens (including phenoxy) is 2. The number of aromatic hydroxyl groups is 1. The Morgan fingerprint density at radius 2 is 1.57 bits per heavy atom. The predicted octanol–water partition coefficient (Wildman–Crippen LogP) is 8.73. The Kier molecular flexibility index (Phi) is 14.8. The highest BCUT2D eigenvalue weighted by atomic mass is 32.1. The van der Waals surface area contributed by atoms with E-state index < -0.39 is 8.25 Å². The molecule has 0 aliphatic heterocycles. The zero-order chi connectivity index (χ0) is 28.4. The molecule has 0 fully saturated rings. The van der Waals surface area contributed by atoms with Gasteiger partial charge in [-0.25, -0.2) is 4.57 Å². The first-order valence-electron chi connectivity index (χ1n) is 14.5. The van der Waals surface area contributed by atoms with Crippen molar-refractivity contribution in [3.05, 3.63) is 59.0 Å². The van der Waals surface area contributed by atoms with E-state index in [2.05, 4.69) is 11.5 Å². The van der Waals surface area contributed by atoms with Gasteiger partial charge in [-0.05, 0) is 30.7 Å². The molecule has 220 valence electrons. The van der Waals surface area contributed by atoms with Crippen LogP contribution in [0.5, 0.6) is 28.7 Å². The van der Waals surface area contributed by atoms with Crippen LogP contribution in [0.15, 0.2) is 53.5 Å². The normalized spacial score (nSPS) is 11.8. The van der Waals surface area contributed by atoms with E-state index in [-0.39, 0.29) is 23.0 Å². The lowest BCUT2D eigenvalue weighted by atomic mass is 10.1. The standard InChI is InChI=1S/C31H44NO6PS/c1-3-4-5-6-7-8-9-10-11-12-13-14-21-36-30-28(33)18-19-29(31(30)35-2)38-39(34)37-27-17-15-16-26(23-27)24-32-20-22-40-25-32/h15-20,22-23,25,39H,3-14,21,24H2,1-2H3/p+1. The molecule has 1 heterocycles. The number of phenols is 1. The average molecular weight is 591 g/mol. The van der Waals surface area contributed by atoms with Gasteiger partial charge in [0.25, 0.3) is 0 Å². The molecule has 0 aliphatic rings. The second kappa shape index (κ2) is 18.6. The first-order chi connectivity index (χ1) is 19.6. The summed E-state index contributed by atoms with van der Waals surface area (Å²) in [5.41, 5.74) is 3.04. The van der Waals surface area contributed by atoms with Crippen LogP contribution in [0.1, 0.15) is 89.5 Å². The average Bonchev–Trinajstić information content (AvgIpc) is 3.46. The predicted molar refractivity (Wildman–Crippen MR) is 162 cm³/mol. The number of unbranched alkanes of at least 4 members (excludes halogenated alkanes) is 11. The molecule has 7 nitrogen and oxygen atoms in total. The molecule has 0 amide bonds. The fourth-order valence-corrected chi connectivity index (χ4v) is 5.84. The van der Waals surface area contributed by atoms with E-state index in [0.29, 0.717) is 18.9 Å². The van der Waals surface area contributed by atoms with E-state index in [1.165, 1.54) is 83.5 Å². The van der Waals surface area contributed by atoms with Crippen LogP contribution in [-0.2, 0) is 11.1 Å². The maximum Gasteiger partial charge on any atom is 0.419 e. The Bertz CT molecular complexity index is 1140. The molecule has 0 bridgehead atoms. The third kappa shape index (κ3) is 11.4. The minimum atomic E-state index is -2.95. The number of benzene rings is 2. The van der Waals surface area contributed by atoms with Crippen LogP contribution >= 0.6 is 19.6 Å². The van der Waals surface area contributed by atoms with Gasteiger partial charge in [0, 0.05) is 5.56 Å². The number of thiazole rings is 1. The van der Waals surface area contributed by atoms with Gasteiger partial charge in [-0.15, -0.1) is 0 Å². The lowest BCUT2D eigenvalue weighted by Gasteiger charge is -2.16. The molecular weight excluding hydrogens is 545 g/mol.